The molecule has 0 aliphatic heterocycles. The van der Waals surface area contributed by atoms with E-state index in [1.165, 1.54) is 12.1 Å². The molecule has 0 aromatic heterocycles. The van der Waals surface area contributed by atoms with Crippen LogP contribution in [0.5, 0.6) is 5.75 Å². The van der Waals surface area contributed by atoms with Crippen molar-refractivity contribution in [3.8, 4) is 11.8 Å². The van der Waals surface area contributed by atoms with Gasteiger partial charge in [-0.25, -0.2) is 4.79 Å². The van der Waals surface area contributed by atoms with Crippen LogP contribution in [0.25, 0.3) is 0 Å². The predicted molar refractivity (Wildman–Crippen MR) is 47.5 cm³/mol. The number of halogens is 1. The second-order valence-electron chi connectivity index (χ2n) is 2.24. The quantitative estimate of drug-likeness (QED) is 0.785. The van der Waals surface area contributed by atoms with Crippen molar-refractivity contribution in [3.63, 3.8) is 0 Å². The lowest BCUT2D eigenvalue weighted by atomic mass is 10.1. The zero-order chi connectivity index (χ0) is 10.0. The molecule has 2 N–H and O–H groups in total. The first-order chi connectivity index (χ1) is 6.07. The van der Waals surface area contributed by atoms with Gasteiger partial charge in [-0.3, -0.25) is 0 Å². The molecule has 0 spiro atoms. The van der Waals surface area contributed by atoms with Gasteiger partial charge in [0.15, 0.2) is 0 Å². The molecular formula is C8H4BrNO3. The van der Waals surface area contributed by atoms with Gasteiger partial charge in [-0.05, 0) is 28.1 Å². The molecule has 0 bridgehead atoms. The van der Waals surface area contributed by atoms with Gasteiger partial charge in [0.05, 0.1) is 10.0 Å². The summed E-state index contributed by atoms with van der Waals surface area (Å²) in [6.45, 7) is 0. The van der Waals surface area contributed by atoms with E-state index in [2.05, 4.69) is 15.9 Å². The number of hydrogen-bond donors (Lipinski definition) is 2. The fourth-order valence-electron chi connectivity index (χ4n) is 0.856. The van der Waals surface area contributed by atoms with E-state index in [0.29, 0.717) is 0 Å². The minimum atomic E-state index is -1.28. The Bertz CT molecular complexity index is 409. The summed E-state index contributed by atoms with van der Waals surface area (Å²) < 4.78 is 0.0995. The Balaban J connectivity index is 3.50. The van der Waals surface area contributed by atoms with Crippen molar-refractivity contribution < 1.29 is 15.0 Å². The lowest BCUT2D eigenvalue weighted by Crippen LogP contribution is -1.99. The third-order valence-electron chi connectivity index (χ3n) is 1.45. The Morgan fingerprint density at radius 3 is 2.62 bits per heavy atom. The molecule has 1 rings (SSSR count). The van der Waals surface area contributed by atoms with Crippen molar-refractivity contribution in [2.24, 2.45) is 0 Å². The average Bonchev–Trinajstić information content (AvgIpc) is 2.04. The molecule has 0 saturated heterocycles. The highest BCUT2D eigenvalue weighted by molar-refractivity contribution is 9.10. The molecule has 0 aliphatic rings. The largest absolute Gasteiger partial charge is 0.507 e. The van der Waals surface area contributed by atoms with Crippen LogP contribution in [0.4, 0.5) is 0 Å². The second kappa shape index (κ2) is 3.46. The molecule has 0 amide bonds. The van der Waals surface area contributed by atoms with Crippen LogP contribution in [0.3, 0.4) is 0 Å². The fraction of sp³-hybridized carbons (Fsp3) is 0. The van der Waals surface area contributed by atoms with Gasteiger partial charge in [0, 0.05) is 0 Å². The molecule has 0 saturated carbocycles. The Labute approximate surface area is 82.2 Å². The van der Waals surface area contributed by atoms with E-state index < -0.39 is 5.97 Å². The van der Waals surface area contributed by atoms with Crippen LogP contribution in [0.15, 0.2) is 16.6 Å². The van der Waals surface area contributed by atoms with Gasteiger partial charge < -0.3 is 10.2 Å². The molecular weight excluding hydrogens is 238 g/mol. The van der Waals surface area contributed by atoms with E-state index >= 15 is 0 Å². The first kappa shape index (κ1) is 9.55. The minimum absolute atomic E-state index is 0.0995. The lowest BCUT2D eigenvalue weighted by molar-refractivity contribution is 0.0692. The minimum Gasteiger partial charge on any atom is -0.507 e. The number of carbonyl (C=O) groups is 1. The molecule has 0 aliphatic carbocycles. The summed E-state index contributed by atoms with van der Waals surface area (Å²) in [6, 6.07) is 4.31. The van der Waals surface area contributed by atoms with Crippen LogP contribution < -0.4 is 0 Å². The van der Waals surface area contributed by atoms with Crippen molar-refractivity contribution in [1.29, 1.82) is 5.26 Å². The normalized spacial score (nSPS) is 9.23. The van der Waals surface area contributed by atoms with Crippen molar-refractivity contribution in [2.75, 3.05) is 0 Å². The molecule has 0 unspecified atom stereocenters. The average molecular weight is 242 g/mol. The molecule has 5 heteroatoms. The lowest BCUT2D eigenvalue weighted by Gasteiger charge is -2.02. The Morgan fingerprint density at radius 1 is 1.54 bits per heavy atom. The third-order valence-corrected chi connectivity index (χ3v) is 2.28. The first-order valence-corrected chi connectivity index (χ1v) is 4.02. The van der Waals surface area contributed by atoms with Gasteiger partial charge in [0.2, 0.25) is 0 Å². The number of hydrogen-bond acceptors (Lipinski definition) is 3. The summed E-state index contributed by atoms with van der Waals surface area (Å²) in [4.78, 5) is 10.6. The molecule has 0 fully saturated rings. The number of aromatic carboxylic acids is 1. The highest BCUT2D eigenvalue weighted by atomic mass is 79.9. The first-order valence-electron chi connectivity index (χ1n) is 3.22. The summed E-state index contributed by atoms with van der Waals surface area (Å²) in [6.07, 6.45) is 0. The number of phenols is 1. The molecule has 4 nitrogen and oxygen atoms in total. The summed E-state index contributed by atoms with van der Waals surface area (Å²) in [5.74, 6) is -1.64. The van der Waals surface area contributed by atoms with E-state index in [9.17, 15) is 4.79 Å². The molecule has 1 aromatic rings. The monoisotopic (exact) mass is 241 g/mol. The van der Waals surface area contributed by atoms with Crippen molar-refractivity contribution >= 4 is 21.9 Å². The zero-order valence-electron chi connectivity index (χ0n) is 6.28. The second-order valence-corrected chi connectivity index (χ2v) is 3.03. The highest BCUT2D eigenvalue weighted by Crippen LogP contribution is 2.28. The Kier molecular flexibility index (Phi) is 2.54. The maximum atomic E-state index is 10.6. The standard InChI is InChI=1S/C8H4BrNO3/c9-7-4(3-10)1-2-5(11)6(7)8(12)13/h1-2,11H,(H,12,13). The number of aromatic hydroxyl groups is 1. The van der Waals surface area contributed by atoms with Gasteiger partial charge in [-0.1, -0.05) is 0 Å². The van der Waals surface area contributed by atoms with E-state index in [4.69, 9.17) is 15.5 Å². The molecule has 0 radical (unpaired) electrons. The van der Waals surface area contributed by atoms with Crippen LogP contribution in [-0.4, -0.2) is 16.2 Å². The summed E-state index contributed by atoms with van der Waals surface area (Å²) in [7, 11) is 0. The van der Waals surface area contributed by atoms with Gasteiger partial charge in [-0.2, -0.15) is 5.26 Å². The van der Waals surface area contributed by atoms with Gasteiger partial charge >= 0.3 is 5.97 Å². The van der Waals surface area contributed by atoms with Crippen molar-refractivity contribution in [3.05, 3.63) is 27.7 Å². The van der Waals surface area contributed by atoms with Crippen LogP contribution in [0, 0.1) is 11.3 Å². The number of rotatable bonds is 1. The number of nitrogens with zero attached hydrogens (tertiary/aromatic N) is 1. The Morgan fingerprint density at radius 2 is 2.15 bits per heavy atom. The molecule has 1 aromatic carbocycles. The van der Waals surface area contributed by atoms with Crippen molar-refractivity contribution in [1.82, 2.24) is 0 Å². The third kappa shape index (κ3) is 1.63. The molecule has 66 valence electrons. The van der Waals surface area contributed by atoms with Gasteiger partial charge in [-0.15, -0.1) is 0 Å². The maximum Gasteiger partial charge on any atom is 0.340 e. The van der Waals surface area contributed by atoms with E-state index in [-0.39, 0.29) is 21.3 Å². The van der Waals surface area contributed by atoms with Crippen LogP contribution in [0.1, 0.15) is 15.9 Å². The number of carboxylic acids is 1. The number of nitriles is 1. The summed E-state index contributed by atoms with van der Waals surface area (Å²) in [5.41, 5.74) is -0.116. The number of carboxylic acid groups (broad SMARTS) is 1. The van der Waals surface area contributed by atoms with Gasteiger partial charge in [0.25, 0.3) is 0 Å². The van der Waals surface area contributed by atoms with Crippen LogP contribution in [-0.2, 0) is 0 Å². The van der Waals surface area contributed by atoms with Gasteiger partial charge in [0.1, 0.15) is 17.4 Å². The SMILES string of the molecule is N#Cc1ccc(O)c(C(=O)O)c1Br. The molecule has 0 atom stereocenters. The van der Waals surface area contributed by atoms with E-state index in [1.807, 2.05) is 0 Å². The zero-order valence-corrected chi connectivity index (χ0v) is 7.87. The topological polar surface area (TPSA) is 81.3 Å². The van der Waals surface area contributed by atoms with E-state index in [0.717, 1.165) is 0 Å². The van der Waals surface area contributed by atoms with E-state index in [1.54, 1.807) is 6.07 Å². The highest BCUT2D eigenvalue weighted by Gasteiger charge is 2.16. The Hall–Kier alpha value is -1.54. The van der Waals surface area contributed by atoms with Crippen LogP contribution >= 0.6 is 15.9 Å². The van der Waals surface area contributed by atoms with Crippen LogP contribution in [0.2, 0.25) is 0 Å². The number of benzene rings is 1. The predicted octanol–water partition coefficient (Wildman–Crippen LogP) is 1.72. The fourth-order valence-corrected chi connectivity index (χ4v) is 1.45. The molecule has 13 heavy (non-hydrogen) atoms. The maximum absolute atomic E-state index is 10.6. The summed E-state index contributed by atoms with van der Waals surface area (Å²) >= 11 is 2.93. The van der Waals surface area contributed by atoms with Crippen molar-refractivity contribution in [2.45, 2.75) is 0 Å². The summed E-state index contributed by atoms with van der Waals surface area (Å²) in [5, 5.41) is 26.4. The molecule has 0 heterocycles. The smallest absolute Gasteiger partial charge is 0.340 e.